The molecule has 0 saturated carbocycles. The van der Waals surface area contributed by atoms with Gasteiger partial charge in [0, 0.05) is 19.3 Å². The number of amides is 1. The number of aromatic nitrogens is 1. The highest BCUT2D eigenvalue weighted by Crippen LogP contribution is 2.14. The predicted molar refractivity (Wildman–Crippen MR) is 92.1 cm³/mol. The van der Waals surface area contributed by atoms with Crippen LogP contribution < -0.4 is 5.56 Å². The molecule has 0 radical (unpaired) electrons. The largest absolute Gasteiger partial charge is 0.375 e. The Hall–Kier alpha value is -2.40. The molecule has 1 aromatic heterocycles. The molecule has 2 aromatic rings. The fourth-order valence-electron chi connectivity index (χ4n) is 3.02. The van der Waals surface area contributed by atoms with Crippen LogP contribution in [-0.2, 0) is 11.2 Å². The third-order valence-corrected chi connectivity index (χ3v) is 4.31. The monoisotopic (exact) mass is 326 g/mol. The van der Waals surface area contributed by atoms with Gasteiger partial charge in [-0.25, -0.2) is 0 Å². The molecule has 1 atom stereocenters. The molecule has 1 aliphatic rings. The van der Waals surface area contributed by atoms with E-state index in [1.165, 1.54) is 11.8 Å². The van der Waals surface area contributed by atoms with E-state index in [0.29, 0.717) is 19.7 Å². The Morgan fingerprint density at radius 1 is 1.21 bits per heavy atom. The van der Waals surface area contributed by atoms with Gasteiger partial charge in [-0.2, -0.15) is 0 Å². The Morgan fingerprint density at radius 2 is 2.04 bits per heavy atom. The molecule has 5 heteroatoms. The molecule has 3 rings (SSSR count). The number of nitrogens with zero attached hydrogens (tertiary/aromatic N) is 1. The van der Waals surface area contributed by atoms with E-state index in [1.807, 2.05) is 18.2 Å². The maximum Gasteiger partial charge on any atom is 0.260 e. The van der Waals surface area contributed by atoms with Gasteiger partial charge in [-0.3, -0.25) is 9.59 Å². The van der Waals surface area contributed by atoms with Gasteiger partial charge in [-0.15, -0.1) is 0 Å². The Bertz CT molecular complexity index is 727. The van der Waals surface area contributed by atoms with Gasteiger partial charge in [0.05, 0.1) is 12.7 Å². The number of carbonyl (C=O) groups is 1. The number of pyridine rings is 1. The van der Waals surface area contributed by atoms with E-state index in [1.54, 1.807) is 17.0 Å². The number of morpholine rings is 1. The van der Waals surface area contributed by atoms with Gasteiger partial charge in [0.1, 0.15) is 5.56 Å². The summed E-state index contributed by atoms with van der Waals surface area (Å²) >= 11 is 0. The lowest BCUT2D eigenvalue weighted by Crippen LogP contribution is -2.46. The van der Waals surface area contributed by atoms with Crippen molar-refractivity contribution < 1.29 is 9.53 Å². The van der Waals surface area contributed by atoms with Crippen LogP contribution in [0.15, 0.2) is 53.5 Å². The maximum absolute atomic E-state index is 12.5. The summed E-state index contributed by atoms with van der Waals surface area (Å²) in [5, 5.41) is 0. The maximum atomic E-state index is 12.5. The summed E-state index contributed by atoms with van der Waals surface area (Å²) < 4.78 is 5.78. The number of rotatable bonds is 5. The molecule has 0 spiro atoms. The first-order chi connectivity index (χ1) is 11.7. The summed E-state index contributed by atoms with van der Waals surface area (Å²) in [4.78, 5) is 28.6. The number of ether oxygens (including phenoxy) is 1. The number of H-pyrrole nitrogens is 1. The number of nitrogens with one attached hydrogen (secondary N) is 1. The standard InChI is InChI=1S/C19H22N2O3/c22-18-17(10-5-11-20-18)19(23)21-12-13-24-16(14-21)9-4-8-15-6-2-1-3-7-15/h1-3,5-7,10-11,16H,4,8-9,12-14H2,(H,20,22). The van der Waals surface area contributed by atoms with E-state index in [4.69, 9.17) is 4.74 Å². The van der Waals surface area contributed by atoms with E-state index in [9.17, 15) is 9.59 Å². The van der Waals surface area contributed by atoms with Gasteiger partial charge < -0.3 is 14.6 Å². The van der Waals surface area contributed by atoms with E-state index in [-0.39, 0.29) is 23.1 Å². The lowest BCUT2D eigenvalue weighted by atomic mass is 10.0. The van der Waals surface area contributed by atoms with Crippen molar-refractivity contribution in [3.63, 3.8) is 0 Å². The van der Waals surface area contributed by atoms with E-state index < -0.39 is 0 Å². The van der Waals surface area contributed by atoms with Crippen LogP contribution in [0.25, 0.3) is 0 Å². The second kappa shape index (κ2) is 7.93. The van der Waals surface area contributed by atoms with Crippen LogP contribution in [0.3, 0.4) is 0 Å². The summed E-state index contributed by atoms with van der Waals surface area (Å²) in [6, 6.07) is 13.6. The van der Waals surface area contributed by atoms with Gasteiger partial charge in [0.15, 0.2) is 0 Å². The smallest absolute Gasteiger partial charge is 0.260 e. The molecule has 1 unspecified atom stereocenters. The molecule has 24 heavy (non-hydrogen) atoms. The highest BCUT2D eigenvalue weighted by Gasteiger charge is 2.26. The molecule has 0 aliphatic carbocycles. The van der Waals surface area contributed by atoms with Crippen LogP contribution in [-0.4, -0.2) is 41.6 Å². The van der Waals surface area contributed by atoms with Crippen molar-refractivity contribution in [2.45, 2.75) is 25.4 Å². The lowest BCUT2D eigenvalue weighted by molar-refractivity contribution is -0.0255. The molecule has 5 nitrogen and oxygen atoms in total. The molecule has 1 aromatic carbocycles. The van der Waals surface area contributed by atoms with Crippen molar-refractivity contribution >= 4 is 5.91 Å². The highest BCUT2D eigenvalue weighted by molar-refractivity contribution is 5.93. The molecular weight excluding hydrogens is 304 g/mol. The van der Waals surface area contributed by atoms with Crippen molar-refractivity contribution in [3.8, 4) is 0 Å². The fourth-order valence-corrected chi connectivity index (χ4v) is 3.02. The third-order valence-electron chi connectivity index (χ3n) is 4.31. The molecule has 1 amide bonds. The summed E-state index contributed by atoms with van der Waals surface area (Å²) in [6.45, 7) is 1.59. The number of hydrogen-bond donors (Lipinski definition) is 1. The summed E-state index contributed by atoms with van der Waals surface area (Å²) in [6.07, 6.45) is 4.50. The Kier molecular flexibility index (Phi) is 5.43. The Labute approximate surface area is 141 Å². The minimum Gasteiger partial charge on any atom is -0.375 e. The second-order valence-electron chi connectivity index (χ2n) is 6.03. The van der Waals surface area contributed by atoms with Gasteiger partial charge >= 0.3 is 0 Å². The van der Waals surface area contributed by atoms with Crippen molar-refractivity contribution in [1.82, 2.24) is 9.88 Å². The molecule has 1 fully saturated rings. The minimum absolute atomic E-state index is 0.0363. The van der Waals surface area contributed by atoms with Gasteiger partial charge in [0.25, 0.3) is 11.5 Å². The van der Waals surface area contributed by atoms with Crippen molar-refractivity contribution in [2.24, 2.45) is 0 Å². The van der Waals surface area contributed by atoms with E-state index in [0.717, 1.165) is 19.3 Å². The zero-order chi connectivity index (χ0) is 16.8. The Morgan fingerprint density at radius 3 is 2.83 bits per heavy atom. The molecule has 1 aliphatic heterocycles. The van der Waals surface area contributed by atoms with Gasteiger partial charge in [-0.05, 0) is 37.0 Å². The van der Waals surface area contributed by atoms with Crippen LogP contribution >= 0.6 is 0 Å². The molecule has 0 bridgehead atoms. The topological polar surface area (TPSA) is 62.4 Å². The first-order valence-corrected chi connectivity index (χ1v) is 8.36. The van der Waals surface area contributed by atoms with Crippen LogP contribution in [0, 0.1) is 0 Å². The zero-order valence-electron chi connectivity index (χ0n) is 13.6. The SMILES string of the molecule is O=C(c1ccc[nH]c1=O)N1CCOC(CCCc2ccccc2)C1. The average Bonchev–Trinajstić information content (AvgIpc) is 2.63. The number of aryl methyl sites for hydroxylation is 1. The first-order valence-electron chi connectivity index (χ1n) is 8.36. The average molecular weight is 326 g/mol. The number of hydrogen-bond acceptors (Lipinski definition) is 3. The van der Waals surface area contributed by atoms with Crippen molar-refractivity contribution in [1.29, 1.82) is 0 Å². The van der Waals surface area contributed by atoms with Gasteiger partial charge in [-0.1, -0.05) is 30.3 Å². The predicted octanol–water partition coefficient (Wildman–Crippen LogP) is 2.24. The minimum atomic E-state index is -0.338. The quantitative estimate of drug-likeness (QED) is 0.916. The molecule has 2 heterocycles. The number of carbonyl (C=O) groups excluding carboxylic acids is 1. The molecule has 1 N–H and O–H groups in total. The Balaban J connectivity index is 1.53. The zero-order valence-corrected chi connectivity index (χ0v) is 13.6. The number of aromatic amines is 1. The lowest BCUT2D eigenvalue weighted by Gasteiger charge is -2.33. The third kappa shape index (κ3) is 4.11. The summed E-state index contributed by atoms with van der Waals surface area (Å²) in [5.41, 5.74) is 1.18. The molecule has 126 valence electrons. The molecular formula is C19H22N2O3. The summed E-state index contributed by atoms with van der Waals surface area (Å²) in [7, 11) is 0. The highest BCUT2D eigenvalue weighted by atomic mass is 16.5. The van der Waals surface area contributed by atoms with Crippen LogP contribution in [0.5, 0.6) is 0 Å². The fraction of sp³-hybridized carbons (Fsp3) is 0.368. The van der Waals surface area contributed by atoms with Crippen molar-refractivity contribution in [3.05, 3.63) is 70.1 Å². The van der Waals surface area contributed by atoms with E-state index in [2.05, 4.69) is 17.1 Å². The summed E-state index contributed by atoms with van der Waals surface area (Å²) in [5.74, 6) is -0.215. The first kappa shape index (κ1) is 16.5. The van der Waals surface area contributed by atoms with Gasteiger partial charge in [0.2, 0.25) is 0 Å². The van der Waals surface area contributed by atoms with Crippen LogP contribution in [0.1, 0.15) is 28.8 Å². The van der Waals surface area contributed by atoms with E-state index >= 15 is 0 Å². The normalized spacial score (nSPS) is 17.7. The number of benzene rings is 1. The van der Waals surface area contributed by atoms with Crippen LogP contribution in [0.2, 0.25) is 0 Å². The molecule has 1 saturated heterocycles. The van der Waals surface area contributed by atoms with Crippen LogP contribution in [0.4, 0.5) is 0 Å². The van der Waals surface area contributed by atoms with Crippen molar-refractivity contribution in [2.75, 3.05) is 19.7 Å². The second-order valence-corrected chi connectivity index (χ2v) is 6.03.